The van der Waals surface area contributed by atoms with Gasteiger partial charge in [-0.1, -0.05) is 0 Å². The van der Waals surface area contributed by atoms with E-state index in [0.29, 0.717) is 6.54 Å². The van der Waals surface area contributed by atoms with E-state index in [9.17, 15) is 4.79 Å². The predicted octanol–water partition coefficient (Wildman–Crippen LogP) is -0.00510. The molecule has 0 aliphatic heterocycles. The Morgan fingerprint density at radius 1 is 1.73 bits per heavy atom. The number of rotatable bonds is 3. The third kappa shape index (κ3) is 3.23. The van der Waals surface area contributed by atoms with Gasteiger partial charge in [-0.3, -0.25) is 0 Å². The van der Waals surface area contributed by atoms with E-state index in [2.05, 4.69) is 5.32 Å². The van der Waals surface area contributed by atoms with Gasteiger partial charge in [-0.25, -0.2) is 4.79 Å². The second-order valence-corrected chi connectivity index (χ2v) is 2.59. The van der Waals surface area contributed by atoms with Crippen LogP contribution in [0.25, 0.3) is 0 Å². The van der Waals surface area contributed by atoms with Gasteiger partial charge in [-0.15, -0.1) is 0 Å². The lowest BCUT2D eigenvalue weighted by molar-refractivity contribution is 0.194. The molecule has 0 radical (unpaired) electrons. The van der Waals surface area contributed by atoms with Gasteiger partial charge in [-0.05, 0) is 19.9 Å². The Bertz CT molecular complexity index is 127. The van der Waals surface area contributed by atoms with Crippen LogP contribution in [-0.4, -0.2) is 37.6 Å². The molecule has 0 aromatic carbocycles. The summed E-state index contributed by atoms with van der Waals surface area (Å²) in [5.41, 5.74) is 5.35. The summed E-state index contributed by atoms with van der Waals surface area (Å²) in [7, 11) is 3.38. The number of amides is 2. The molecule has 0 aromatic rings. The van der Waals surface area contributed by atoms with Crippen molar-refractivity contribution in [3.63, 3.8) is 0 Å². The molecule has 11 heavy (non-hydrogen) atoms. The molecule has 0 spiro atoms. The van der Waals surface area contributed by atoms with Crippen molar-refractivity contribution in [2.24, 2.45) is 5.73 Å². The van der Waals surface area contributed by atoms with Crippen LogP contribution < -0.4 is 11.1 Å². The molecule has 0 heterocycles. The number of nitrogens with one attached hydrogen (secondary N) is 1. The van der Waals surface area contributed by atoms with Gasteiger partial charge in [0.15, 0.2) is 0 Å². The van der Waals surface area contributed by atoms with Crippen molar-refractivity contribution in [3.8, 4) is 0 Å². The van der Waals surface area contributed by atoms with Crippen molar-refractivity contribution in [2.75, 3.05) is 20.6 Å². The topological polar surface area (TPSA) is 58.4 Å². The molecule has 0 fully saturated rings. The quantitative estimate of drug-likeness (QED) is 0.608. The molecule has 0 aromatic heterocycles. The number of urea groups is 1. The number of carbonyl (C=O) groups is 1. The highest BCUT2D eigenvalue weighted by Gasteiger charge is 2.12. The average molecular weight is 159 g/mol. The zero-order valence-corrected chi connectivity index (χ0v) is 7.42. The first-order chi connectivity index (χ1) is 5.13. The zero-order chi connectivity index (χ0) is 8.85. The Hall–Kier alpha value is -0.770. The van der Waals surface area contributed by atoms with Crippen LogP contribution >= 0.6 is 0 Å². The van der Waals surface area contributed by atoms with Crippen molar-refractivity contribution in [3.05, 3.63) is 0 Å². The fourth-order valence-corrected chi connectivity index (χ4v) is 0.811. The van der Waals surface area contributed by atoms with Crippen LogP contribution in [0.15, 0.2) is 0 Å². The van der Waals surface area contributed by atoms with Crippen LogP contribution in [-0.2, 0) is 0 Å². The van der Waals surface area contributed by atoms with Gasteiger partial charge in [0.05, 0.1) is 0 Å². The summed E-state index contributed by atoms with van der Waals surface area (Å²) < 4.78 is 0. The van der Waals surface area contributed by atoms with Gasteiger partial charge < -0.3 is 16.0 Å². The molecule has 66 valence electrons. The highest BCUT2D eigenvalue weighted by molar-refractivity contribution is 5.73. The van der Waals surface area contributed by atoms with Gasteiger partial charge in [0.1, 0.15) is 0 Å². The molecule has 4 nitrogen and oxygen atoms in total. The predicted molar refractivity (Wildman–Crippen MR) is 45.4 cm³/mol. The summed E-state index contributed by atoms with van der Waals surface area (Å²) >= 11 is 0. The monoisotopic (exact) mass is 159 g/mol. The van der Waals surface area contributed by atoms with Gasteiger partial charge in [0.25, 0.3) is 0 Å². The molecule has 0 aliphatic carbocycles. The maximum Gasteiger partial charge on any atom is 0.317 e. The number of nitrogens with two attached hydrogens (primary N) is 1. The molecule has 0 saturated heterocycles. The highest BCUT2D eigenvalue weighted by Crippen LogP contribution is 1.98. The summed E-state index contributed by atoms with van der Waals surface area (Å²) in [6.07, 6.45) is 0.837. The molecule has 0 saturated carbocycles. The Labute approximate surface area is 67.7 Å². The van der Waals surface area contributed by atoms with Gasteiger partial charge >= 0.3 is 6.03 Å². The van der Waals surface area contributed by atoms with Crippen LogP contribution in [0.1, 0.15) is 13.3 Å². The molecular weight excluding hydrogens is 142 g/mol. The first-order valence-electron chi connectivity index (χ1n) is 3.78. The molecule has 2 amide bonds. The molecule has 3 N–H and O–H groups in total. The second kappa shape index (κ2) is 4.96. The first-order valence-corrected chi connectivity index (χ1v) is 3.78. The summed E-state index contributed by atoms with van der Waals surface area (Å²) in [6.45, 7) is 2.59. The maximum atomic E-state index is 11.0. The van der Waals surface area contributed by atoms with Crippen molar-refractivity contribution in [2.45, 2.75) is 19.4 Å². The van der Waals surface area contributed by atoms with Crippen LogP contribution in [0.4, 0.5) is 4.79 Å². The fourth-order valence-electron chi connectivity index (χ4n) is 0.811. The van der Waals surface area contributed by atoms with Gasteiger partial charge in [0.2, 0.25) is 0 Å². The third-order valence-corrected chi connectivity index (χ3v) is 1.78. The number of hydrogen-bond acceptors (Lipinski definition) is 2. The summed E-state index contributed by atoms with van der Waals surface area (Å²) in [4.78, 5) is 12.6. The van der Waals surface area contributed by atoms with Crippen LogP contribution in [0.2, 0.25) is 0 Å². The van der Waals surface area contributed by atoms with E-state index in [-0.39, 0.29) is 12.1 Å². The molecular formula is C7H17N3O. The van der Waals surface area contributed by atoms with E-state index in [4.69, 9.17) is 5.73 Å². The lowest BCUT2D eigenvalue weighted by Gasteiger charge is -2.23. The molecule has 1 unspecified atom stereocenters. The molecule has 0 rings (SSSR count). The number of nitrogens with zero attached hydrogens (tertiary/aromatic N) is 1. The molecule has 0 bridgehead atoms. The van der Waals surface area contributed by atoms with E-state index >= 15 is 0 Å². The highest BCUT2D eigenvalue weighted by atomic mass is 16.2. The van der Waals surface area contributed by atoms with Crippen molar-refractivity contribution < 1.29 is 4.79 Å². The standard InChI is InChI=1S/C7H17N3O/c1-6(4-5-8)10(3)7(11)9-2/h6H,4-5,8H2,1-3H3,(H,9,11). The zero-order valence-electron chi connectivity index (χ0n) is 7.42. The smallest absolute Gasteiger partial charge is 0.317 e. The van der Waals surface area contributed by atoms with E-state index in [0.717, 1.165) is 6.42 Å². The Balaban J connectivity index is 3.80. The Kier molecular flexibility index (Phi) is 4.61. The minimum atomic E-state index is -0.0639. The first kappa shape index (κ1) is 10.2. The van der Waals surface area contributed by atoms with Crippen LogP contribution in [0.5, 0.6) is 0 Å². The van der Waals surface area contributed by atoms with E-state index in [1.165, 1.54) is 0 Å². The number of carbonyl (C=O) groups excluding carboxylic acids is 1. The largest absolute Gasteiger partial charge is 0.341 e. The van der Waals surface area contributed by atoms with Crippen molar-refractivity contribution >= 4 is 6.03 Å². The second-order valence-electron chi connectivity index (χ2n) is 2.59. The Morgan fingerprint density at radius 3 is 2.64 bits per heavy atom. The summed E-state index contributed by atoms with van der Waals surface area (Å²) in [5, 5.41) is 2.55. The lowest BCUT2D eigenvalue weighted by atomic mass is 10.2. The fraction of sp³-hybridized carbons (Fsp3) is 0.857. The molecule has 0 aliphatic rings. The normalized spacial score (nSPS) is 12.4. The Morgan fingerprint density at radius 2 is 2.27 bits per heavy atom. The van der Waals surface area contributed by atoms with Crippen LogP contribution in [0.3, 0.4) is 0 Å². The van der Waals surface area contributed by atoms with Gasteiger partial charge in [0, 0.05) is 20.1 Å². The molecule has 4 heteroatoms. The van der Waals surface area contributed by atoms with E-state index in [1.54, 1.807) is 19.0 Å². The molecule has 1 atom stereocenters. The summed E-state index contributed by atoms with van der Waals surface area (Å²) in [5.74, 6) is 0. The van der Waals surface area contributed by atoms with E-state index < -0.39 is 0 Å². The van der Waals surface area contributed by atoms with E-state index in [1.807, 2.05) is 6.92 Å². The minimum Gasteiger partial charge on any atom is -0.341 e. The third-order valence-electron chi connectivity index (χ3n) is 1.78. The average Bonchev–Trinajstić information content (AvgIpc) is 2.02. The van der Waals surface area contributed by atoms with Crippen LogP contribution in [0, 0.1) is 0 Å². The number of hydrogen-bond donors (Lipinski definition) is 2. The minimum absolute atomic E-state index is 0.0639. The SMILES string of the molecule is CNC(=O)N(C)C(C)CCN. The van der Waals surface area contributed by atoms with Crippen molar-refractivity contribution in [1.82, 2.24) is 10.2 Å². The van der Waals surface area contributed by atoms with Crippen molar-refractivity contribution in [1.29, 1.82) is 0 Å². The lowest BCUT2D eigenvalue weighted by Crippen LogP contribution is -2.41. The van der Waals surface area contributed by atoms with Gasteiger partial charge in [-0.2, -0.15) is 0 Å². The maximum absolute atomic E-state index is 11.0. The summed E-state index contributed by atoms with van der Waals surface area (Å²) in [6, 6.07) is 0.144.